The third-order valence-corrected chi connectivity index (χ3v) is 3.61. The molecule has 0 unspecified atom stereocenters. The number of carbonyl (C=O) groups is 2. The third-order valence-electron chi connectivity index (χ3n) is 3.20. The van der Waals surface area contributed by atoms with Crippen LogP contribution in [0.4, 0.5) is 11.4 Å². The summed E-state index contributed by atoms with van der Waals surface area (Å²) in [7, 11) is 0. The van der Waals surface area contributed by atoms with Gasteiger partial charge in [0, 0.05) is 22.0 Å². The van der Waals surface area contributed by atoms with E-state index in [-0.39, 0.29) is 18.2 Å². The molecule has 0 atom stereocenters. The summed E-state index contributed by atoms with van der Waals surface area (Å²) in [6.07, 6.45) is 0. The molecule has 5 heteroatoms. The van der Waals surface area contributed by atoms with Gasteiger partial charge >= 0.3 is 0 Å². The van der Waals surface area contributed by atoms with E-state index in [9.17, 15) is 9.59 Å². The molecule has 0 aromatic heterocycles. The number of hydrogen-bond acceptors (Lipinski definition) is 3. The van der Waals surface area contributed by atoms with E-state index in [4.69, 9.17) is 11.6 Å². The number of amides is 1. The summed E-state index contributed by atoms with van der Waals surface area (Å²) in [5, 5.41) is 6.39. The second-order valence-corrected chi connectivity index (χ2v) is 5.41. The van der Waals surface area contributed by atoms with Crippen LogP contribution >= 0.6 is 11.6 Å². The van der Waals surface area contributed by atoms with E-state index in [0.29, 0.717) is 16.3 Å². The maximum atomic E-state index is 11.9. The highest BCUT2D eigenvalue weighted by molar-refractivity contribution is 6.31. The summed E-state index contributed by atoms with van der Waals surface area (Å²) in [6.45, 7) is 3.55. The number of benzene rings is 2. The fourth-order valence-corrected chi connectivity index (χ4v) is 2.06. The maximum Gasteiger partial charge on any atom is 0.243 e. The van der Waals surface area contributed by atoms with Gasteiger partial charge in [-0.25, -0.2) is 0 Å². The van der Waals surface area contributed by atoms with E-state index in [1.165, 1.54) is 6.92 Å². The van der Waals surface area contributed by atoms with Crippen LogP contribution < -0.4 is 10.6 Å². The van der Waals surface area contributed by atoms with E-state index in [1.807, 2.05) is 13.0 Å². The lowest BCUT2D eigenvalue weighted by Crippen LogP contribution is -2.21. The van der Waals surface area contributed by atoms with Gasteiger partial charge in [0.15, 0.2) is 5.78 Å². The van der Waals surface area contributed by atoms with Gasteiger partial charge in [-0.2, -0.15) is 0 Å². The van der Waals surface area contributed by atoms with Crippen LogP contribution in [0.3, 0.4) is 0 Å². The highest BCUT2D eigenvalue weighted by Crippen LogP contribution is 2.19. The lowest BCUT2D eigenvalue weighted by Gasteiger charge is -2.09. The second kappa shape index (κ2) is 7.09. The van der Waals surface area contributed by atoms with Gasteiger partial charge in [-0.05, 0) is 55.8 Å². The standard InChI is InChI=1S/C17H17ClN2O2/c1-11-3-6-15(9-16(11)18)20-17(22)10-19-14-7-4-13(5-8-14)12(2)21/h3-9,19H,10H2,1-2H3,(H,20,22). The van der Waals surface area contributed by atoms with Crippen molar-refractivity contribution in [3.8, 4) is 0 Å². The zero-order valence-corrected chi connectivity index (χ0v) is 13.2. The van der Waals surface area contributed by atoms with E-state index in [2.05, 4.69) is 10.6 Å². The molecule has 2 N–H and O–H groups in total. The number of halogens is 1. The number of carbonyl (C=O) groups excluding carboxylic acids is 2. The van der Waals surface area contributed by atoms with Crippen molar-refractivity contribution in [1.29, 1.82) is 0 Å². The summed E-state index contributed by atoms with van der Waals surface area (Å²) in [4.78, 5) is 23.1. The van der Waals surface area contributed by atoms with Gasteiger partial charge in [0.1, 0.15) is 0 Å². The summed E-state index contributed by atoms with van der Waals surface area (Å²) < 4.78 is 0. The van der Waals surface area contributed by atoms with Crippen LogP contribution in [0.15, 0.2) is 42.5 Å². The van der Waals surface area contributed by atoms with Gasteiger partial charge in [0.25, 0.3) is 0 Å². The van der Waals surface area contributed by atoms with Crippen LogP contribution in [-0.4, -0.2) is 18.2 Å². The predicted octanol–water partition coefficient (Wildman–Crippen LogP) is 3.90. The van der Waals surface area contributed by atoms with E-state index < -0.39 is 0 Å². The molecular weight excluding hydrogens is 300 g/mol. The Labute approximate surface area is 134 Å². The average Bonchev–Trinajstić information content (AvgIpc) is 2.49. The number of aryl methyl sites for hydroxylation is 1. The lowest BCUT2D eigenvalue weighted by atomic mass is 10.1. The second-order valence-electron chi connectivity index (χ2n) is 5.00. The Balaban J connectivity index is 1.89. The monoisotopic (exact) mass is 316 g/mol. The summed E-state index contributed by atoms with van der Waals surface area (Å²) in [5.41, 5.74) is 3.05. The number of hydrogen-bond donors (Lipinski definition) is 2. The van der Waals surface area contributed by atoms with Crippen molar-refractivity contribution in [3.63, 3.8) is 0 Å². The average molecular weight is 317 g/mol. The maximum absolute atomic E-state index is 11.9. The Hall–Kier alpha value is -2.33. The molecule has 0 aliphatic carbocycles. The largest absolute Gasteiger partial charge is 0.376 e. The minimum Gasteiger partial charge on any atom is -0.376 e. The molecule has 0 radical (unpaired) electrons. The smallest absolute Gasteiger partial charge is 0.243 e. The Morgan fingerprint density at radius 1 is 1.05 bits per heavy atom. The van der Waals surface area contributed by atoms with Crippen LogP contribution in [0.2, 0.25) is 5.02 Å². The van der Waals surface area contributed by atoms with Gasteiger partial charge in [-0.1, -0.05) is 17.7 Å². The predicted molar refractivity (Wildman–Crippen MR) is 89.8 cm³/mol. The fourth-order valence-electron chi connectivity index (χ4n) is 1.88. The molecule has 2 aromatic rings. The molecule has 0 fully saturated rings. The van der Waals surface area contributed by atoms with Crippen molar-refractivity contribution in [2.45, 2.75) is 13.8 Å². The Bertz CT molecular complexity index is 696. The molecule has 2 rings (SSSR count). The summed E-state index contributed by atoms with van der Waals surface area (Å²) >= 11 is 6.02. The molecule has 0 heterocycles. The molecule has 0 spiro atoms. The highest BCUT2D eigenvalue weighted by atomic mass is 35.5. The minimum atomic E-state index is -0.171. The molecule has 0 saturated carbocycles. The topological polar surface area (TPSA) is 58.2 Å². The molecule has 0 saturated heterocycles. The van der Waals surface area contributed by atoms with Gasteiger partial charge in [-0.3, -0.25) is 9.59 Å². The number of Topliss-reactive ketones (excluding diaryl/α,β-unsaturated/α-hetero) is 1. The highest BCUT2D eigenvalue weighted by Gasteiger charge is 2.04. The molecule has 22 heavy (non-hydrogen) atoms. The Morgan fingerprint density at radius 2 is 1.68 bits per heavy atom. The first-order valence-corrected chi connectivity index (χ1v) is 7.24. The molecule has 0 aliphatic rings. The number of ketones is 1. The van der Waals surface area contributed by atoms with Crippen LogP contribution in [0.25, 0.3) is 0 Å². The first-order chi connectivity index (χ1) is 10.5. The number of rotatable bonds is 5. The van der Waals surface area contributed by atoms with Crippen LogP contribution in [0.1, 0.15) is 22.8 Å². The van der Waals surface area contributed by atoms with Crippen molar-refractivity contribution in [2.75, 3.05) is 17.2 Å². The Morgan fingerprint density at radius 3 is 2.27 bits per heavy atom. The minimum absolute atomic E-state index is 0.0144. The summed E-state index contributed by atoms with van der Waals surface area (Å²) in [5.74, 6) is -0.156. The van der Waals surface area contributed by atoms with Crippen molar-refractivity contribution in [3.05, 3.63) is 58.6 Å². The van der Waals surface area contributed by atoms with E-state index in [1.54, 1.807) is 36.4 Å². The summed E-state index contributed by atoms with van der Waals surface area (Å²) in [6, 6.07) is 12.4. The van der Waals surface area contributed by atoms with Gasteiger partial charge < -0.3 is 10.6 Å². The Kier molecular flexibility index (Phi) is 5.17. The quantitative estimate of drug-likeness (QED) is 0.822. The van der Waals surface area contributed by atoms with Crippen molar-refractivity contribution < 1.29 is 9.59 Å². The molecule has 1 amide bonds. The van der Waals surface area contributed by atoms with Crippen LogP contribution in [0, 0.1) is 6.92 Å². The van der Waals surface area contributed by atoms with Crippen molar-refractivity contribution >= 4 is 34.7 Å². The molecule has 4 nitrogen and oxygen atoms in total. The molecule has 114 valence electrons. The number of nitrogens with one attached hydrogen (secondary N) is 2. The third kappa shape index (κ3) is 4.33. The van der Waals surface area contributed by atoms with E-state index >= 15 is 0 Å². The molecule has 0 bridgehead atoms. The van der Waals surface area contributed by atoms with Gasteiger partial charge in [0.05, 0.1) is 6.54 Å². The lowest BCUT2D eigenvalue weighted by molar-refractivity contribution is -0.114. The fraction of sp³-hybridized carbons (Fsp3) is 0.176. The van der Waals surface area contributed by atoms with Gasteiger partial charge in [0.2, 0.25) is 5.91 Å². The van der Waals surface area contributed by atoms with E-state index in [0.717, 1.165) is 11.3 Å². The molecule has 0 aliphatic heterocycles. The SMILES string of the molecule is CC(=O)c1ccc(NCC(=O)Nc2ccc(C)c(Cl)c2)cc1. The number of anilines is 2. The first kappa shape index (κ1) is 16.0. The van der Waals surface area contributed by atoms with Gasteiger partial charge in [-0.15, -0.1) is 0 Å². The molecule has 2 aromatic carbocycles. The zero-order valence-electron chi connectivity index (χ0n) is 12.4. The first-order valence-electron chi connectivity index (χ1n) is 6.86. The van der Waals surface area contributed by atoms with Crippen LogP contribution in [-0.2, 0) is 4.79 Å². The normalized spacial score (nSPS) is 10.1. The van der Waals surface area contributed by atoms with Crippen molar-refractivity contribution in [2.24, 2.45) is 0 Å². The molecular formula is C17H17ClN2O2. The van der Waals surface area contributed by atoms with Crippen LogP contribution in [0.5, 0.6) is 0 Å². The zero-order chi connectivity index (χ0) is 16.1. The van der Waals surface area contributed by atoms with Crippen molar-refractivity contribution in [1.82, 2.24) is 0 Å².